The third-order valence-corrected chi connectivity index (χ3v) is 5.86. The summed E-state index contributed by atoms with van der Waals surface area (Å²) in [6.07, 6.45) is 4.21. The van der Waals surface area contributed by atoms with Crippen LogP contribution in [-0.2, 0) is 11.2 Å². The number of urea groups is 1. The summed E-state index contributed by atoms with van der Waals surface area (Å²) in [5, 5.41) is 5.65. The lowest BCUT2D eigenvalue weighted by Gasteiger charge is -2.37. The molecule has 0 radical (unpaired) electrons. The number of amides is 3. The van der Waals surface area contributed by atoms with Crippen LogP contribution >= 0.6 is 0 Å². The molecular formula is C24H35FN6O2. The van der Waals surface area contributed by atoms with Gasteiger partial charge in [-0.25, -0.2) is 19.2 Å². The number of hydrogen-bond acceptors (Lipinski definition) is 5. The molecule has 3 amide bonds. The lowest BCUT2D eigenvalue weighted by atomic mass is 9.78. The zero-order chi connectivity index (χ0) is 22.0. The van der Waals surface area contributed by atoms with Gasteiger partial charge in [0.2, 0.25) is 5.91 Å². The summed E-state index contributed by atoms with van der Waals surface area (Å²) in [6, 6.07) is 5.48. The van der Waals surface area contributed by atoms with Crippen LogP contribution in [-0.4, -0.2) is 47.6 Å². The molecule has 1 aromatic heterocycles. The van der Waals surface area contributed by atoms with Crippen molar-refractivity contribution in [1.29, 1.82) is 0 Å². The highest BCUT2D eigenvalue weighted by atomic mass is 19.1. The highest BCUT2D eigenvalue weighted by Crippen LogP contribution is 2.33. The van der Waals surface area contributed by atoms with E-state index in [9.17, 15) is 14.0 Å². The van der Waals surface area contributed by atoms with Crippen molar-refractivity contribution in [3.8, 4) is 0 Å². The molecule has 0 saturated heterocycles. The summed E-state index contributed by atoms with van der Waals surface area (Å²) in [5.41, 5.74) is 1.33. The maximum absolute atomic E-state index is 13.0. The van der Waals surface area contributed by atoms with Crippen molar-refractivity contribution >= 4 is 29.1 Å². The third kappa shape index (κ3) is 5.77. The van der Waals surface area contributed by atoms with Gasteiger partial charge in [0.05, 0.1) is 12.7 Å². The SMILES string of the molecule is C.C.CCN1CC(=O)N(CC)c2cnc(CC3CC(NC(=O)Nc4ccc(F)cc4)C3)nc21. The summed E-state index contributed by atoms with van der Waals surface area (Å²) < 4.78 is 13.0. The topological polar surface area (TPSA) is 90.5 Å². The van der Waals surface area contributed by atoms with Crippen LogP contribution in [0.25, 0.3) is 0 Å². The van der Waals surface area contributed by atoms with Crippen molar-refractivity contribution in [3.05, 3.63) is 42.1 Å². The molecule has 2 heterocycles. The molecule has 1 aromatic carbocycles. The highest BCUT2D eigenvalue weighted by molar-refractivity contribution is 6.02. The van der Waals surface area contributed by atoms with Crippen LogP contribution in [0.4, 0.5) is 26.4 Å². The molecule has 1 aliphatic carbocycles. The molecule has 1 fully saturated rings. The Kier molecular flexibility index (Phi) is 8.73. The predicted octanol–water partition coefficient (Wildman–Crippen LogP) is 4.22. The molecule has 0 spiro atoms. The Labute approximate surface area is 195 Å². The molecule has 2 aliphatic rings. The Morgan fingerprint density at radius 2 is 1.85 bits per heavy atom. The number of nitrogens with zero attached hydrogens (tertiary/aromatic N) is 4. The number of likely N-dealkylation sites (N-methyl/N-ethyl adjacent to an activating group) is 2. The second kappa shape index (κ2) is 11.1. The first-order valence-electron chi connectivity index (χ1n) is 10.7. The Morgan fingerprint density at radius 1 is 1.15 bits per heavy atom. The summed E-state index contributed by atoms with van der Waals surface area (Å²) in [7, 11) is 0. The number of carbonyl (C=O) groups excluding carboxylic acids is 2. The lowest BCUT2D eigenvalue weighted by molar-refractivity contribution is -0.117. The minimum absolute atomic E-state index is 0. The number of fused-ring (bicyclic) bond motifs is 1. The maximum atomic E-state index is 13.0. The van der Waals surface area contributed by atoms with E-state index in [-0.39, 0.29) is 38.7 Å². The number of anilines is 3. The smallest absolute Gasteiger partial charge is 0.319 e. The van der Waals surface area contributed by atoms with Crippen LogP contribution in [0.15, 0.2) is 30.5 Å². The Hall–Kier alpha value is -3.23. The summed E-state index contributed by atoms with van der Waals surface area (Å²) in [4.78, 5) is 37.4. The second-order valence-electron chi connectivity index (χ2n) is 7.99. The van der Waals surface area contributed by atoms with Gasteiger partial charge in [-0.05, 0) is 56.9 Å². The zero-order valence-electron chi connectivity index (χ0n) is 17.8. The minimum Gasteiger partial charge on any atom is -0.346 e. The van der Waals surface area contributed by atoms with Crippen molar-refractivity contribution in [2.24, 2.45) is 5.92 Å². The summed E-state index contributed by atoms with van der Waals surface area (Å²) >= 11 is 0. The van der Waals surface area contributed by atoms with E-state index in [2.05, 4.69) is 15.6 Å². The number of hydrogen-bond donors (Lipinski definition) is 2. The van der Waals surface area contributed by atoms with Gasteiger partial charge in [0, 0.05) is 31.2 Å². The van der Waals surface area contributed by atoms with Crippen LogP contribution < -0.4 is 20.4 Å². The normalized spacial score (nSPS) is 18.9. The number of halogens is 1. The van der Waals surface area contributed by atoms with Crippen molar-refractivity contribution < 1.29 is 14.0 Å². The lowest BCUT2D eigenvalue weighted by Crippen LogP contribution is -2.47. The number of nitrogens with one attached hydrogen (secondary N) is 2. The molecule has 9 heteroatoms. The summed E-state index contributed by atoms with van der Waals surface area (Å²) in [6.45, 7) is 5.62. The molecule has 0 atom stereocenters. The minimum atomic E-state index is -0.340. The fourth-order valence-electron chi connectivity index (χ4n) is 4.15. The average Bonchev–Trinajstić information content (AvgIpc) is 2.73. The second-order valence-corrected chi connectivity index (χ2v) is 7.99. The molecule has 2 aromatic rings. The van der Waals surface area contributed by atoms with E-state index in [0.717, 1.165) is 36.6 Å². The van der Waals surface area contributed by atoms with Crippen molar-refractivity contribution in [2.75, 3.05) is 34.8 Å². The summed E-state index contributed by atoms with van der Waals surface area (Å²) in [5.74, 6) is 1.72. The molecule has 0 bridgehead atoms. The van der Waals surface area contributed by atoms with E-state index >= 15 is 0 Å². The van der Waals surface area contributed by atoms with Crippen LogP contribution in [0.1, 0.15) is 47.4 Å². The fraction of sp³-hybridized carbons (Fsp3) is 0.500. The first kappa shape index (κ1) is 26.0. The van der Waals surface area contributed by atoms with Crippen molar-refractivity contribution in [1.82, 2.24) is 15.3 Å². The average molecular weight is 459 g/mol. The molecular weight excluding hydrogens is 423 g/mol. The van der Waals surface area contributed by atoms with Crippen LogP contribution in [0.5, 0.6) is 0 Å². The molecule has 180 valence electrons. The van der Waals surface area contributed by atoms with Crippen LogP contribution in [0.2, 0.25) is 0 Å². The van der Waals surface area contributed by atoms with Gasteiger partial charge in [-0.2, -0.15) is 0 Å². The van der Waals surface area contributed by atoms with E-state index < -0.39 is 0 Å². The van der Waals surface area contributed by atoms with Crippen LogP contribution in [0, 0.1) is 11.7 Å². The molecule has 33 heavy (non-hydrogen) atoms. The van der Waals surface area contributed by atoms with Gasteiger partial charge in [-0.3, -0.25) is 4.79 Å². The van der Waals surface area contributed by atoms with Gasteiger partial charge < -0.3 is 20.4 Å². The predicted molar refractivity (Wildman–Crippen MR) is 130 cm³/mol. The first-order valence-corrected chi connectivity index (χ1v) is 10.7. The Balaban J connectivity index is 0.00000193. The third-order valence-electron chi connectivity index (χ3n) is 5.86. The van der Waals surface area contributed by atoms with E-state index in [4.69, 9.17) is 4.98 Å². The van der Waals surface area contributed by atoms with E-state index in [1.54, 1.807) is 11.1 Å². The van der Waals surface area contributed by atoms with Gasteiger partial charge in [0.1, 0.15) is 17.3 Å². The van der Waals surface area contributed by atoms with E-state index in [1.165, 1.54) is 24.3 Å². The zero-order valence-corrected chi connectivity index (χ0v) is 17.8. The van der Waals surface area contributed by atoms with Crippen molar-refractivity contribution in [2.45, 2.75) is 54.0 Å². The number of benzene rings is 1. The molecule has 2 N–H and O–H groups in total. The fourth-order valence-corrected chi connectivity index (χ4v) is 4.15. The highest BCUT2D eigenvalue weighted by Gasteiger charge is 2.33. The van der Waals surface area contributed by atoms with Gasteiger partial charge >= 0.3 is 6.03 Å². The van der Waals surface area contributed by atoms with Gasteiger partial charge in [0.15, 0.2) is 5.82 Å². The molecule has 8 nitrogen and oxygen atoms in total. The quantitative estimate of drug-likeness (QED) is 0.676. The van der Waals surface area contributed by atoms with Crippen LogP contribution in [0.3, 0.4) is 0 Å². The Bertz CT molecular complexity index is 962. The van der Waals surface area contributed by atoms with Gasteiger partial charge in [-0.1, -0.05) is 14.9 Å². The maximum Gasteiger partial charge on any atom is 0.319 e. The number of aromatic nitrogens is 2. The Morgan fingerprint density at radius 3 is 2.48 bits per heavy atom. The largest absolute Gasteiger partial charge is 0.346 e. The standard InChI is InChI=1S/C22H27FN6O2.2CH4/c1-3-28-13-20(30)29(4-2)18-12-24-19(27-21(18)28)11-14-9-17(10-14)26-22(31)25-16-7-5-15(23)6-8-16;;/h5-8,12,14,17H,3-4,9-11,13H2,1-2H3,(H2,25,26,31);2*1H4. The molecule has 4 rings (SSSR count). The number of carbonyl (C=O) groups is 2. The van der Waals surface area contributed by atoms with E-state index in [1.807, 2.05) is 18.7 Å². The molecule has 1 aliphatic heterocycles. The van der Waals surface area contributed by atoms with Gasteiger partial charge in [0.25, 0.3) is 0 Å². The number of rotatable bonds is 6. The van der Waals surface area contributed by atoms with E-state index in [0.29, 0.717) is 31.2 Å². The van der Waals surface area contributed by atoms with Crippen molar-refractivity contribution in [3.63, 3.8) is 0 Å². The monoisotopic (exact) mass is 458 g/mol. The molecule has 0 unspecified atom stereocenters. The first-order chi connectivity index (χ1) is 15.0. The molecule has 1 saturated carbocycles. The van der Waals surface area contributed by atoms with Gasteiger partial charge in [-0.15, -0.1) is 0 Å².